The number of benzene rings is 2. The van der Waals surface area contributed by atoms with Gasteiger partial charge in [0.25, 0.3) is 6.43 Å². The third-order valence-electron chi connectivity index (χ3n) is 4.26. The van der Waals surface area contributed by atoms with Gasteiger partial charge in [0.05, 0.1) is 15.9 Å². The number of pyridine rings is 1. The number of rotatable bonds is 5. The molecule has 27 heavy (non-hydrogen) atoms. The fourth-order valence-electron chi connectivity index (χ4n) is 3.15. The highest BCUT2D eigenvalue weighted by molar-refractivity contribution is 7.80. The van der Waals surface area contributed by atoms with Crippen molar-refractivity contribution < 1.29 is 13.5 Å². The lowest BCUT2D eigenvalue weighted by atomic mass is 10.0. The third kappa shape index (κ3) is 4.68. The fourth-order valence-corrected chi connectivity index (χ4v) is 3.47. The van der Waals surface area contributed by atoms with Crippen molar-refractivity contribution in [2.45, 2.75) is 50.6 Å². The molecule has 1 heterocycles. The number of aromatic nitrogens is 1. The van der Waals surface area contributed by atoms with Crippen molar-refractivity contribution in [3.05, 3.63) is 42.0 Å². The molecule has 0 aliphatic rings. The quantitative estimate of drug-likeness (QED) is 0.429. The largest absolute Gasteiger partial charge is 0.486 e. The lowest BCUT2D eigenvalue weighted by molar-refractivity contribution is 0.0807. The smallest absolute Gasteiger partial charge is 0.272 e. The molecule has 3 nitrogen and oxygen atoms in total. The fraction of sp³-hybridized carbons (Fsp3) is 0.381. The summed E-state index contributed by atoms with van der Waals surface area (Å²) in [5.74, 6) is 0.317. The van der Waals surface area contributed by atoms with Crippen molar-refractivity contribution in [1.82, 2.24) is 10.3 Å². The van der Waals surface area contributed by atoms with E-state index in [1.54, 1.807) is 6.07 Å². The molecular formula is C21H24F2N2OS. The second-order valence-electron chi connectivity index (χ2n) is 7.74. The van der Waals surface area contributed by atoms with Crippen LogP contribution in [0.3, 0.4) is 0 Å². The maximum atomic E-state index is 12.4. The second kappa shape index (κ2) is 7.60. The Morgan fingerprint density at radius 1 is 1.11 bits per heavy atom. The molecule has 1 atom stereocenters. The van der Waals surface area contributed by atoms with Gasteiger partial charge >= 0.3 is 0 Å². The zero-order valence-electron chi connectivity index (χ0n) is 15.9. The van der Waals surface area contributed by atoms with E-state index >= 15 is 0 Å². The maximum absolute atomic E-state index is 12.4. The first-order valence-corrected chi connectivity index (χ1v) is 9.34. The molecule has 0 spiro atoms. The number of hydrogen-bond donors (Lipinski definition) is 2. The van der Waals surface area contributed by atoms with Crippen LogP contribution in [0.25, 0.3) is 21.8 Å². The minimum absolute atomic E-state index is 0.000393. The number of alkyl halides is 2. The van der Waals surface area contributed by atoms with Crippen molar-refractivity contribution in [3.8, 4) is 5.75 Å². The van der Waals surface area contributed by atoms with E-state index in [0.29, 0.717) is 16.2 Å². The Hall–Kier alpha value is -1.92. The lowest BCUT2D eigenvalue weighted by Crippen LogP contribution is -2.37. The molecule has 1 aromatic heterocycles. The second-order valence-corrected chi connectivity index (χ2v) is 8.19. The number of hydrogen-bond acceptors (Lipinski definition) is 4. The van der Waals surface area contributed by atoms with Gasteiger partial charge in [-0.05, 0) is 57.5 Å². The molecule has 0 fully saturated rings. The lowest BCUT2D eigenvalue weighted by Gasteiger charge is -2.26. The SMILES string of the molecule is CC(NC(C)(C)C)c1ccc2cc3ccc(OCC(F)F)c(S)c3nc2c1. The minimum Gasteiger partial charge on any atom is -0.486 e. The van der Waals surface area contributed by atoms with Gasteiger partial charge in [-0.1, -0.05) is 12.1 Å². The van der Waals surface area contributed by atoms with Crippen LogP contribution >= 0.6 is 12.6 Å². The Morgan fingerprint density at radius 2 is 1.81 bits per heavy atom. The minimum atomic E-state index is -2.53. The van der Waals surface area contributed by atoms with Gasteiger partial charge in [0.2, 0.25) is 0 Å². The predicted octanol–water partition coefficient (Wildman–Crippen LogP) is 5.77. The van der Waals surface area contributed by atoms with Crippen molar-refractivity contribution in [2.75, 3.05) is 6.61 Å². The molecule has 3 rings (SSSR count). The van der Waals surface area contributed by atoms with Crippen LogP contribution in [0.15, 0.2) is 41.3 Å². The van der Waals surface area contributed by atoms with Gasteiger partial charge in [0.1, 0.15) is 12.4 Å². The van der Waals surface area contributed by atoms with Crippen LogP contribution in [0.1, 0.15) is 39.3 Å². The molecule has 0 saturated heterocycles. The first kappa shape index (κ1) is 19.8. The van der Waals surface area contributed by atoms with Crippen molar-refractivity contribution in [2.24, 2.45) is 0 Å². The summed E-state index contributed by atoms with van der Waals surface area (Å²) < 4.78 is 30.0. The molecule has 0 bridgehead atoms. The Bertz CT molecular complexity index is 970. The number of nitrogens with zero attached hydrogens (tertiary/aromatic N) is 1. The molecule has 0 amide bonds. The topological polar surface area (TPSA) is 34.1 Å². The molecule has 0 aliphatic heterocycles. The Kier molecular flexibility index (Phi) is 5.58. The van der Waals surface area contributed by atoms with Crippen LogP contribution in [-0.2, 0) is 0 Å². The van der Waals surface area contributed by atoms with Crippen molar-refractivity contribution >= 4 is 34.4 Å². The van der Waals surface area contributed by atoms with Gasteiger partial charge in [-0.15, -0.1) is 12.6 Å². The van der Waals surface area contributed by atoms with Crippen LogP contribution in [-0.4, -0.2) is 23.6 Å². The summed E-state index contributed by atoms with van der Waals surface area (Å²) in [6.07, 6.45) is -2.53. The molecule has 1 N–H and O–H groups in total. The highest BCUT2D eigenvalue weighted by atomic mass is 32.1. The van der Waals surface area contributed by atoms with E-state index in [9.17, 15) is 8.78 Å². The molecule has 0 aliphatic carbocycles. The first-order valence-electron chi connectivity index (χ1n) is 8.89. The monoisotopic (exact) mass is 390 g/mol. The Labute approximate surface area is 163 Å². The summed E-state index contributed by atoms with van der Waals surface area (Å²) in [6, 6.07) is 11.9. The summed E-state index contributed by atoms with van der Waals surface area (Å²) in [4.78, 5) is 5.21. The van der Waals surface area contributed by atoms with E-state index < -0.39 is 13.0 Å². The summed E-state index contributed by atoms with van der Waals surface area (Å²) in [5, 5.41) is 5.46. The van der Waals surface area contributed by atoms with E-state index in [-0.39, 0.29) is 11.6 Å². The standard InChI is InChI=1S/C21H24F2N2OS/c1-12(25-21(2,3)4)13-5-6-14-9-15-7-8-17(26-11-18(22)23)20(27)19(15)24-16(14)10-13/h5-10,12,18,25,27H,11H2,1-4H3. The first-order chi connectivity index (χ1) is 12.6. The normalized spacial score (nSPS) is 13.5. The van der Waals surface area contributed by atoms with E-state index in [4.69, 9.17) is 9.72 Å². The number of nitrogens with one attached hydrogen (secondary N) is 1. The average molecular weight is 390 g/mol. The van der Waals surface area contributed by atoms with Crippen LogP contribution in [0.4, 0.5) is 8.78 Å². The Balaban J connectivity index is 2.02. The van der Waals surface area contributed by atoms with Crippen LogP contribution < -0.4 is 10.1 Å². The van der Waals surface area contributed by atoms with Crippen LogP contribution in [0.5, 0.6) is 5.75 Å². The van der Waals surface area contributed by atoms with Gasteiger partial charge in [0, 0.05) is 22.4 Å². The molecular weight excluding hydrogens is 366 g/mol. The Morgan fingerprint density at radius 3 is 2.48 bits per heavy atom. The van der Waals surface area contributed by atoms with E-state index in [1.807, 2.05) is 12.1 Å². The van der Waals surface area contributed by atoms with E-state index in [2.05, 4.69) is 63.8 Å². The molecule has 0 saturated carbocycles. The summed E-state index contributed by atoms with van der Waals surface area (Å²) in [7, 11) is 0. The zero-order valence-corrected chi connectivity index (χ0v) is 16.8. The van der Waals surface area contributed by atoms with Gasteiger partial charge in [0.15, 0.2) is 0 Å². The third-order valence-corrected chi connectivity index (χ3v) is 4.69. The summed E-state index contributed by atoms with van der Waals surface area (Å²) in [5.41, 5.74) is 2.62. The van der Waals surface area contributed by atoms with Gasteiger partial charge in [-0.3, -0.25) is 0 Å². The van der Waals surface area contributed by atoms with Gasteiger partial charge in [-0.25, -0.2) is 13.8 Å². The number of fused-ring (bicyclic) bond motifs is 2. The number of halogens is 2. The van der Waals surface area contributed by atoms with E-state index in [1.165, 1.54) is 0 Å². The molecule has 6 heteroatoms. The molecule has 144 valence electrons. The van der Waals surface area contributed by atoms with Gasteiger partial charge < -0.3 is 10.1 Å². The zero-order chi connectivity index (χ0) is 19.8. The molecule has 2 aromatic carbocycles. The average Bonchev–Trinajstić information content (AvgIpc) is 2.58. The highest BCUT2D eigenvalue weighted by Crippen LogP contribution is 2.33. The van der Waals surface area contributed by atoms with Crippen LogP contribution in [0, 0.1) is 0 Å². The molecule has 1 unspecified atom stereocenters. The summed E-state index contributed by atoms with van der Waals surface area (Å²) in [6.45, 7) is 7.85. The number of thiol groups is 1. The predicted molar refractivity (Wildman–Crippen MR) is 109 cm³/mol. The van der Waals surface area contributed by atoms with Crippen molar-refractivity contribution in [1.29, 1.82) is 0 Å². The summed E-state index contributed by atoms with van der Waals surface area (Å²) >= 11 is 4.47. The molecule has 3 aromatic rings. The van der Waals surface area contributed by atoms with Crippen LogP contribution in [0.2, 0.25) is 0 Å². The van der Waals surface area contributed by atoms with Crippen molar-refractivity contribution in [3.63, 3.8) is 0 Å². The van der Waals surface area contributed by atoms with Gasteiger partial charge in [-0.2, -0.15) is 0 Å². The number of ether oxygens (including phenoxy) is 1. The highest BCUT2D eigenvalue weighted by Gasteiger charge is 2.16. The van der Waals surface area contributed by atoms with E-state index in [0.717, 1.165) is 21.9 Å². The maximum Gasteiger partial charge on any atom is 0.272 e. The molecule has 0 radical (unpaired) electrons.